The first-order valence-electron chi connectivity index (χ1n) is 6.31. The van der Waals surface area contributed by atoms with E-state index in [0.29, 0.717) is 0 Å². The van der Waals surface area contributed by atoms with Gasteiger partial charge in [0.1, 0.15) is 5.25 Å². The number of nitrogens with one attached hydrogen (secondary N) is 1. The Morgan fingerprint density at radius 1 is 1.28 bits per heavy atom. The average molecular weight is 275 g/mol. The molecule has 0 bridgehead atoms. The van der Waals surface area contributed by atoms with Crippen LogP contribution in [0.1, 0.15) is 48.0 Å². The maximum absolute atomic E-state index is 12.0. The molecule has 18 heavy (non-hydrogen) atoms. The first-order chi connectivity index (χ1) is 8.10. The first-order valence-corrected chi connectivity index (χ1v) is 7.25. The Kier molecular flexibility index (Phi) is 6.74. The molecule has 0 rings (SSSR count). The molecule has 0 aromatic rings. The largest absolute Gasteiger partial charge is 0.480 e. The van der Waals surface area contributed by atoms with Gasteiger partial charge in [-0.05, 0) is 33.1 Å². The van der Waals surface area contributed by atoms with E-state index >= 15 is 0 Å². The van der Waals surface area contributed by atoms with E-state index in [1.54, 1.807) is 6.92 Å². The lowest BCUT2D eigenvalue weighted by atomic mass is 10.0. The fourth-order valence-electron chi connectivity index (χ4n) is 1.31. The van der Waals surface area contributed by atoms with Gasteiger partial charge in [-0.2, -0.15) is 0 Å². The van der Waals surface area contributed by atoms with E-state index < -0.39 is 11.2 Å². The Labute approximate surface area is 114 Å². The van der Waals surface area contributed by atoms with Crippen LogP contribution in [0.2, 0.25) is 0 Å². The summed E-state index contributed by atoms with van der Waals surface area (Å²) in [4.78, 5) is 23.1. The molecular formula is C13H25NO3S. The molecule has 0 aliphatic carbocycles. The summed E-state index contributed by atoms with van der Waals surface area (Å²) in [7, 11) is 0. The van der Waals surface area contributed by atoms with Gasteiger partial charge in [-0.1, -0.05) is 20.8 Å². The van der Waals surface area contributed by atoms with Gasteiger partial charge in [0.15, 0.2) is 0 Å². The van der Waals surface area contributed by atoms with Gasteiger partial charge in [0.05, 0.1) is 5.25 Å². The van der Waals surface area contributed by atoms with Crippen LogP contribution >= 0.6 is 11.8 Å². The zero-order valence-electron chi connectivity index (χ0n) is 12.1. The maximum Gasteiger partial charge on any atom is 0.316 e. The topological polar surface area (TPSA) is 66.4 Å². The molecule has 0 spiro atoms. The lowest BCUT2D eigenvalue weighted by Gasteiger charge is -2.27. The highest BCUT2D eigenvalue weighted by atomic mass is 32.2. The van der Waals surface area contributed by atoms with Gasteiger partial charge >= 0.3 is 5.97 Å². The number of rotatable bonds is 7. The highest BCUT2D eigenvalue weighted by Gasteiger charge is 2.29. The van der Waals surface area contributed by atoms with E-state index in [0.717, 1.165) is 6.42 Å². The van der Waals surface area contributed by atoms with E-state index in [-0.39, 0.29) is 22.6 Å². The Morgan fingerprint density at radius 3 is 2.11 bits per heavy atom. The zero-order chi connectivity index (χ0) is 14.5. The lowest BCUT2D eigenvalue weighted by molar-refractivity contribution is -0.137. The molecule has 106 valence electrons. The highest BCUT2D eigenvalue weighted by Crippen LogP contribution is 2.25. The molecule has 0 saturated carbocycles. The van der Waals surface area contributed by atoms with E-state index in [1.165, 1.54) is 11.8 Å². The predicted molar refractivity (Wildman–Crippen MR) is 75.8 cm³/mol. The summed E-state index contributed by atoms with van der Waals surface area (Å²) in [6.07, 6.45) is 0.836. The fraction of sp³-hybridized carbons (Fsp3) is 0.846. The number of carbonyl (C=O) groups is 2. The molecule has 5 heteroatoms. The summed E-state index contributed by atoms with van der Waals surface area (Å²) < 4.78 is 0. The molecule has 4 nitrogen and oxygen atoms in total. The highest BCUT2D eigenvalue weighted by molar-refractivity contribution is 8.01. The standard InChI is InChI=1S/C13H25NO3S/c1-7-13(5,6)14-11(15)9(4)18-10(8(2)3)12(16)17/h8-10H,7H2,1-6H3,(H,14,15)(H,16,17). The molecule has 0 saturated heterocycles. The van der Waals surface area contributed by atoms with Crippen LogP contribution in [0, 0.1) is 5.92 Å². The molecule has 0 heterocycles. The predicted octanol–water partition coefficient (Wildman–Crippen LogP) is 2.52. The maximum atomic E-state index is 12.0. The van der Waals surface area contributed by atoms with Crippen molar-refractivity contribution >= 4 is 23.6 Å². The number of thioether (sulfide) groups is 1. The van der Waals surface area contributed by atoms with E-state index in [2.05, 4.69) is 5.32 Å². The summed E-state index contributed by atoms with van der Waals surface area (Å²) in [5.41, 5.74) is -0.248. The van der Waals surface area contributed by atoms with Crippen molar-refractivity contribution in [2.75, 3.05) is 0 Å². The third-order valence-corrected chi connectivity index (χ3v) is 4.58. The van der Waals surface area contributed by atoms with Gasteiger partial charge in [0.2, 0.25) is 5.91 Å². The Morgan fingerprint density at radius 2 is 1.78 bits per heavy atom. The van der Waals surface area contributed by atoms with E-state index in [4.69, 9.17) is 5.11 Å². The van der Waals surface area contributed by atoms with Crippen molar-refractivity contribution in [1.29, 1.82) is 0 Å². The Bertz CT molecular complexity index is 303. The zero-order valence-corrected chi connectivity index (χ0v) is 12.9. The number of hydrogen-bond acceptors (Lipinski definition) is 3. The van der Waals surface area contributed by atoms with Crippen molar-refractivity contribution < 1.29 is 14.7 Å². The average Bonchev–Trinajstić information content (AvgIpc) is 2.23. The van der Waals surface area contributed by atoms with Gasteiger partial charge in [0.25, 0.3) is 0 Å². The van der Waals surface area contributed by atoms with Crippen molar-refractivity contribution in [3.8, 4) is 0 Å². The van der Waals surface area contributed by atoms with Crippen LogP contribution in [-0.4, -0.2) is 33.0 Å². The summed E-state index contributed by atoms with van der Waals surface area (Å²) in [6.45, 7) is 11.4. The normalized spacial score (nSPS) is 15.3. The van der Waals surface area contributed by atoms with Crippen LogP contribution in [0.4, 0.5) is 0 Å². The van der Waals surface area contributed by atoms with Crippen LogP contribution in [0.3, 0.4) is 0 Å². The Balaban J connectivity index is 4.52. The third kappa shape index (κ3) is 5.76. The molecule has 2 N–H and O–H groups in total. The number of aliphatic carboxylic acids is 1. The van der Waals surface area contributed by atoms with Crippen LogP contribution < -0.4 is 5.32 Å². The third-order valence-electron chi connectivity index (χ3n) is 2.91. The summed E-state index contributed by atoms with van der Waals surface area (Å²) >= 11 is 1.21. The number of carboxylic acids is 1. The SMILES string of the molecule is CCC(C)(C)NC(=O)C(C)SC(C(=O)O)C(C)C. The van der Waals surface area contributed by atoms with Gasteiger partial charge in [-0.25, -0.2) is 0 Å². The summed E-state index contributed by atoms with van der Waals surface area (Å²) in [5.74, 6) is -0.954. The second-order valence-corrected chi connectivity index (χ2v) is 6.99. The second-order valence-electron chi connectivity index (χ2n) is 5.51. The monoisotopic (exact) mass is 275 g/mol. The molecule has 0 aliphatic heterocycles. The molecule has 0 radical (unpaired) electrons. The Hall–Kier alpha value is -0.710. The molecule has 0 fully saturated rings. The molecule has 2 unspecified atom stereocenters. The summed E-state index contributed by atoms with van der Waals surface area (Å²) in [5, 5.41) is 11.1. The van der Waals surface area contributed by atoms with Gasteiger partial charge in [-0.3, -0.25) is 9.59 Å². The minimum Gasteiger partial charge on any atom is -0.480 e. The van der Waals surface area contributed by atoms with E-state index in [1.807, 2.05) is 34.6 Å². The van der Waals surface area contributed by atoms with Gasteiger partial charge in [0, 0.05) is 5.54 Å². The fourth-order valence-corrected chi connectivity index (χ4v) is 2.36. The number of hydrogen-bond donors (Lipinski definition) is 2. The van der Waals surface area contributed by atoms with Crippen molar-refractivity contribution in [2.45, 2.75) is 64.0 Å². The molecule has 0 aromatic heterocycles. The van der Waals surface area contributed by atoms with Crippen LogP contribution in [0.25, 0.3) is 0 Å². The molecule has 0 aromatic carbocycles. The van der Waals surface area contributed by atoms with Crippen LogP contribution in [-0.2, 0) is 9.59 Å². The number of amides is 1. The molecule has 2 atom stereocenters. The van der Waals surface area contributed by atoms with Crippen molar-refractivity contribution in [1.82, 2.24) is 5.32 Å². The minimum absolute atomic E-state index is 0.00179. The molecular weight excluding hydrogens is 250 g/mol. The second kappa shape index (κ2) is 7.02. The smallest absolute Gasteiger partial charge is 0.316 e. The van der Waals surface area contributed by atoms with E-state index in [9.17, 15) is 9.59 Å². The van der Waals surface area contributed by atoms with Crippen molar-refractivity contribution in [2.24, 2.45) is 5.92 Å². The first kappa shape index (κ1) is 17.3. The number of carboxylic acid groups (broad SMARTS) is 1. The number of carbonyl (C=O) groups excluding carboxylic acids is 1. The van der Waals surface area contributed by atoms with Crippen molar-refractivity contribution in [3.63, 3.8) is 0 Å². The van der Waals surface area contributed by atoms with Crippen LogP contribution in [0.5, 0.6) is 0 Å². The quantitative estimate of drug-likeness (QED) is 0.749. The molecule has 0 aliphatic rings. The summed E-state index contributed by atoms with van der Waals surface area (Å²) in [6, 6.07) is 0. The van der Waals surface area contributed by atoms with Crippen LogP contribution in [0.15, 0.2) is 0 Å². The van der Waals surface area contributed by atoms with Gasteiger partial charge in [-0.15, -0.1) is 11.8 Å². The van der Waals surface area contributed by atoms with Gasteiger partial charge < -0.3 is 10.4 Å². The lowest BCUT2D eigenvalue weighted by Crippen LogP contribution is -2.46. The minimum atomic E-state index is -0.857. The van der Waals surface area contributed by atoms with Crippen molar-refractivity contribution in [3.05, 3.63) is 0 Å². The molecule has 1 amide bonds.